The molecule has 0 aliphatic heterocycles. The van der Waals surface area contributed by atoms with E-state index in [1.807, 2.05) is 32.9 Å². The maximum Gasteiger partial charge on any atom is 0.175 e. The Bertz CT molecular complexity index is 777. The highest BCUT2D eigenvalue weighted by atomic mass is 32.2. The van der Waals surface area contributed by atoms with Gasteiger partial charge in [0, 0.05) is 6.26 Å². The van der Waals surface area contributed by atoms with Gasteiger partial charge in [0.25, 0.3) is 0 Å². The molecule has 112 valence electrons. The standard InChI is InChI=1S/C17H20O3S/c1-11-8-13(3)16(9-12(11)2)17(18)14-6-5-7-15(10-14)21(4,19)20/h5-10,17-18H,1-4H3. The van der Waals surface area contributed by atoms with E-state index < -0.39 is 15.9 Å². The van der Waals surface area contributed by atoms with Crippen molar-refractivity contribution in [3.63, 3.8) is 0 Å². The van der Waals surface area contributed by atoms with Crippen LogP contribution in [0.5, 0.6) is 0 Å². The minimum absolute atomic E-state index is 0.223. The van der Waals surface area contributed by atoms with E-state index in [4.69, 9.17) is 0 Å². The second-order valence-corrected chi connectivity index (χ2v) is 7.56. The Morgan fingerprint density at radius 1 is 0.952 bits per heavy atom. The Morgan fingerprint density at radius 3 is 2.19 bits per heavy atom. The van der Waals surface area contributed by atoms with Crippen molar-refractivity contribution in [3.8, 4) is 0 Å². The lowest BCUT2D eigenvalue weighted by atomic mass is 9.94. The molecule has 0 aliphatic carbocycles. The fourth-order valence-electron chi connectivity index (χ4n) is 2.37. The zero-order chi connectivity index (χ0) is 15.8. The van der Waals surface area contributed by atoms with E-state index in [2.05, 4.69) is 0 Å². The van der Waals surface area contributed by atoms with Crippen LogP contribution in [0.15, 0.2) is 41.3 Å². The summed E-state index contributed by atoms with van der Waals surface area (Å²) in [5.41, 5.74) is 4.67. The number of aliphatic hydroxyl groups excluding tert-OH is 1. The largest absolute Gasteiger partial charge is 0.384 e. The van der Waals surface area contributed by atoms with E-state index in [0.717, 1.165) is 16.7 Å². The average molecular weight is 304 g/mol. The van der Waals surface area contributed by atoms with Gasteiger partial charge < -0.3 is 5.11 Å². The Balaban J connectivity index is 2.50. The highest BCUT2D eigenvalue weighted by Gasteiger charge is 2.16. The number of hydrogen-bond donors (Lipinski definition) is 1. The minimum atomic E-state index is -3.28. The molecule has 0 radical (unpaired) electrons. The van der Waals surface area contributed by atoms with Crippen LogP contribution in [0.1, 0.15) is 33.9 Å². The van der Waals surface area contributed by atoms with E-state index in [9.17, 15) is 13.5 Å². The van der Waals surface area contributed by atoms with Gasteiger partial charge in [-0.25, -0.2) is 8.42 Å². The Labute approximate surface area is 126 Å². The number of aryl methyl sites for hydroxylation is 3. The zero-order valence-electron chi connectivity index (χ0n) is 12.7. The topological polar surface area (TPSA) is 54.4 Å². The maximum absolute atomic E-state index is 11.6. The van der Waals surface area contributed by atoms with Gasteiger partial charge in [-0.2, -0.15) is 0 Å². The van der Waals surface area contributed by atoms with Gasteiger partial charge in [-0.15, -0.1) is 0 Å². The number of aliphatic hydroxyl groups is 1. The van der Waals surface area contributed by atoms with Gasteiger partial charge in [-0.1, -0.05) is 24.3 Å². The predicted octanol–water partition coefficient (Wildman–Crippen LogP) is 3.10. The smallest absolute Gasteiger partial charge is 0.175 e. The molecule has 21 heavy (non-hydrogen) atoms. The molecule has 0 saturated heterocycles. The van der Waals surface area contributed by atoms with Crippen molar-refractivity contribution in [2.45, 2.75) is 31.8 Å². The Kier molecular flexibility index (Phi) is 4.21. The molecule has 3 nitrogen and oxygen atoms in total. The van der Waals surface area contributed by atoms with E-state index in [1.54, 1.807) is 18.2 Å². The molecule has 1 N–H and O–H groups in total. The molecule has 0 fully saturated rings. The van der Waals surface area contributed by atoms with Crippen molar-refractivity contribution in [1.29, 1.82) is 0 Å². The quantitative estimate of drug-likeness (QED) is 0.948. The number of rotatable bonds is 3. The van der Waals surface area contributed by atoms with Crippen LogP contribution in [0.2, 0.25) is 0 Å². The summed E-state index contributed by atoms with van der Waals surface area (Å²) in [6.45, 7) is 5.98. The van der Waals surface area contributed by atoms with Crippen LogP contribution in [-0.4, -0.2) is 19.8 Å². The van der Waals surface area contributed by atoms with Crippen LogP contribution in [0.4, 0.5) is 0 Å². The first-order valence-corrected chi connectivity index (χ1v) is 8.65. The molecule has 0 aromatic heterocycles. The highest BCUT2D eigenvalue weighted by Crippen LogP contribution is 2.28. The third kappa shape index (κ3) is 3.34. The summed E-state index contributed by atoms with van der Waals surface area (Å²) >= 11 is 0. The summed E-state index contributed by atoms with van der Waals surface area (Å²) in [6.07, 6.45) is 0.339. The van der Waals surface area contributed by atoms with Crippen LogP contribution < -0.4 is 0 Å². The van der Waals surface area contributed by atoms with Crippen molar-refractivity contribution >= 4 is 9.84 Å². The molecule has 2 aromatic rings. The lowest BCUT2D eigenvalue weighted by molar-refractivity contribution is 0.219. The molecule has 1 atom stereocenters. The number of hydrogen-bond acceptors (Lipinski definition) is 3. The molecular formula is C17H20O3S. The molecular weight excluding hydrogens is 284 g/mol. The molecule has 0 saturated carbocycles. The van der Waals surface area contributed by atoms with Gasteiger partial charge in [0.1, 0.15) is 6.10 Å². The Morgan fingerprint density at radius 2 is 1.57 bits per heavy atom. The van der Waals surface area contributed by atoms with Crippen LogP contribution in [-0.2, 0) is 9.84 Å². The fraction of sp³-hybridized carbons (Fsp3) is 0.294. The van der Waals surface area contributed by atoms with Crippen molar-refractivity contribution in [3.05, 3.63) is 64.2 Å². The molecule has 0 aliphatic rings. The van der Waals surface area contributed by atoms with Gasteiger partial charge in [-0.05, 0) is 60.7 Å². The van der Waals surface area contributed by atoms with Crippen molar-refractivity contribution in [2.24, 2.45) is 0 Å². The van der Waals surface area contributed by atoms with Gasteiger partial charge >= 0.3 is 0 Å². The van der Waals surface area contributed by atoms with Crippen molar-refractivity contribution in [1.82, 2.24) is 0 Å². The predicted molar refractivity (Wildman–Crippen MR) is 84.3 cm³/mol. The highest BCUT2D eigenvalue weighted by molar-refractivity contribution is 7.90. The second-order valence-electron chi connectivity index (χ2n) is 5.54. The van der Waals surface area contributed by atoms with Crippen molar-refractivity contribution in [2.75, 3.05) is 6.26 Å². The van der Waals surface area contributed by atoms with Crippen molar-refractivity contribution < 1.29 is 13.5 Å². The summed E-state index contributed by atoms with van der Waals surface area (Å²) in [5.74, 6) is 0. The maximum atomic E-state index is 11.6. The van der Waals surface area contributed by atoms with Gasteiger partial charge in [0.15, 0.2) is 9.84 Å². The Hall–Kier alpha value is -1.65. The van der Waals surface area contributed by atoms with Gasteiger partial charge in [0.2, 0.25) is 0 Å². The van der Waals surface area contributed by atoms with E-state index in [-0.39, 0.29) is 4.90 Å². The van der Waals surface area contributed by atoms with Crippen LogP contribution >= 0.6 is 0 Å². The molecule has 0 bridgehead atoms. The van der Waals surface area contributed by atoms with E-state index >= 15 is 0 Å². The number of benzene rings is 2. The van der Waals surface area contributed by atoms with E-state index in [1.165, 1.54) is 17.9 Å². The first kappa shape index (κ1) is 15.7. The van der Waals surface area contributed by atoms with Crippen LogP contribution in [0.3, 0.4) is 0 Å². The third-order valence-electron chi connectivity index (χ3n) is 3.78. The molecule has 0 heterocycles. The monoisotopic (exact) mass is 304 g/mol. The SMILES string of the molecule is Cc1cc(C)c(C(O)c2cccc(S(C)(=O)=O)c2)cc1C. The molecule has 0 amide bonds. The molecule has 2 rings (SSSR count). The summed E-state index contributed by atoms with van der Waals surface area (Å²) in [7, 11) is -3.28. The first-order chi connectivity index (χ1) is 9.70. The summed E-state index contributed by atoms with van der Waals surface area (Å²) in [6, 6.07) is 10.5. The first-order valence-electron chi connectivity index (χ1n) is 6.76. The molecule has 2 aromatic carbocycles. The molecule has 4 heteroatoms. The second kappa shape index (κ2) is 5.62. The van der Waals surface area contributed by atoms with Gasteiger partial charge in [-0.3, -0.25) is 0 Å². The van der Waals surface area contributed by atoms with Crippen LogP contribution in [0.25, 0.3) is 0 Å². The average Bonchev–Trinajstić information content (AvgIpc) is 2.41. The summed E-state index contributed by atoms with van der Waals surface area (Å²) in [5, 5.41) is 10.6. The summed E-state index contributed by atoms with van der Waals surface area (Å²) < 4.78 is 23.3. The molecule has 1 unspecified atom stereocenters. The molecule has 0 spiro atoms. The van der Waals surface area contributed by atoms with E-state index in [0.29, 0.717) is 5.56 Å². The number of sulfone groups is 1. The zero-order valence-corrected chi connectivity index (χ0v) is 13.5. The van der Waals surface area contributed by atoms with Gasteiger partial charge in [0.05, 0.1) is 4.90 Å². The lowest BCUT2D eigenvalue weighted by Crippen LogP contribution is -2.05. The normalized spacial score (nSPS) is 13.2. The fourth-order valence-corrected chi connectivity index (χ4v) is 3.05. The third-order valence-corrected chi connectivity index (χ3v) is 4.89. The van der Waals surface area contributed by atoms with Crippen LogP contribution in [0, 0.1) is 20.8 Å². The minimum Gasteiger partial charge on any atom is -0.384 e. The summed E-state index contributed by atoms with van der Waals surface area (Å²) in [4.78, 5) is 0.223. The lowest BCUT2D eigenvalue weighted by Gasteiger charge is -2.17.